The number of hydrogen-bond acceptors (Lipinski definition) is 2. The number of amides is 1. The van der Waals surface area contributed by atoms with E-state index >= 15 is 0 Å². The third-order valence-electron chi connectivity index (χ3n) is 4.62. The maximum Gasteiger partial charge on any atom is 0.223 e. The van der Waals surface area contributed by atoms with Crippen molar-refractivity contribution in [1.82, 2.24) is 4.90 Å². The summed E-state index contributed by atoms with van der Waals surface area (Å²) in [5.41, 5.74) is 0.647. The molecule has 1 saturated carbocycles. The molecule has 3 rings (SSSR count). The van der Waals surface area contributed by atoms with E-state index in [0.717, 1.165) is 24.6 Å². The van der Waals surface area contributed by atoms with Gasteiger partial charge in [-0.2, -0.15) is 0 Å². The molecule has 4 heteroatoms. The number of halogens is 1. The summed E-state index contributed by atoms with van der Waals surface area (Å²) in [5.74, 6) is 1.62. The van der Waals surface area contributed by atoms with Gasteiger partial charge < -0.3 is 4.90 Å². The van der Waals surface area contributed by atoms with Crippen molar-refractivity contribution in [3.8, 4) is 0 Å². The highest BCUT2D eigenvalue weighted by Gasteiger charge is 2.32. The van der Waals surface area contributed by atoms with Gasteiger partial charge in [0.25, 0.3) is 0 Å². The summed E-state index contributed by atoms with van der Waals surface area (Å²) >= 11 is 1.67. The van der Waals surface area contributed by atoms with E-state index in [1.807, 2.05) is 11.0 Å². The van der Waals surface area contributed by atoms with Crippen LogP contribution in [0.3, 0.4) is 0 Å². The van der Waals surface area contributed by atoms with Crippen molar-refractivity contribution < 1.29 is 9.18 Å². The Kier molecular flexibility index (Phi) is 4.84. The number of benzene rings is 1. The zero-order valence-electron chi connectivity index (χ0n) is 12.3. The molecule has 1 amide bonds. The Balaban J connectivity index is 1.63. The third-order valence-corrected chi connectivity index (χ3v) is 5.87. The highest BCUT2D eigenvalue weighted by atomic mass is 32.2. The van der Waals surface area contributed by atoms with Gasteiger partial charge in [-0.1, -0.05) is 43.9 Å². The molecule has 0 aromatic heterocycles. The summed E-state index contributed by atoms with van der Waals surface area (Å²) in [6.45, 7) is 0.743. The van der Waals surface area contributed by atoms with E-state index in [2.05, 4.69) is 0 Å². The maximum atomic E-state index is 14.0. The van der Waals surface area contributed by atoms with E-state index in [1.54, 1.807) is 23.9 Å². The molecule has 1 saturated heterocycles. The first kappa shape index (κ1) is 14.9. The van der Waals surface area contributed by atoms with Gasteiger partial charge in [-0.3, -0.25) is 4.79 Å². The molecule has 1 aliphatic carbocycles. The van der Waals surface area contributed by atoms with Gasteiger partial charge in [0.1, 0.15) is 11.2 Å². The summed E-state index contributed by atoms with van der Waals surface area (Å²) < 4.78 is 14.0. The van der Waals surface area contributed by atoms with Crippen molar-refractivity contribution in [3.63, 3.8) is 0 Å². The fraction of sp³-hybridized carbons (Fsp3) is 0.588. The van der Waals surface area contributed by atoms with Crippen LogP contribution in [-0.4, -0.2) is 23.1 Å². The van der Waals surface area contributed by atoms with Gasteiger partial charge in [-0.15, -0.1) is 11.8 Å². The van der Waals surface area contributed by atoms with Crippen LogP contribution in [0.5, 0.6) is 0 Å². The minimum Gasteiger partial charge on any atom is -0.326 e. The minimum absolute atomic E-state index is 0.137. The predicted molar refractivity (Wildman–Crippen MR) is 84.5 cm³/mol. The largest absolute Gasteiger partial charge is 0.326 e. The molecule has 1 heterocycles. The van der Waals surface area contributed by atoms with E-state index < -0.39 is 0 Å². The maximum absolute atomic E-state index is 14.0. The molecule has 1 atom stereocenters. The van der Waals surface area contributed by atoms with Gasteiger partial charge >= 0.3 is 0 Å². The Hall–Kier alpha value is -1.03. The van der Waals surface area contributed by atoms with Crippen LogP contribution >= 0.6 is 11.8 Å². The Morgan fingerprint density at radius 1 is 1.29 bits per heavy atom. The lowest BCUT2D eigenvalue weighted by Gasteiger charge is -2.25. The zero-order chi connectivity index (χ0) is 14.7. The summed E-state index contributed by atoms with van der Waals surface area (Å²) in [5, 5.41) is -0.137. The standard InChI is InChI=1S/C17H22FNOS/c18-15-8-4-3-7-14(15)17-19(11-12-21-17)16(20)10-9-13-5-1-2-6-13/h3-4,7-8,13,17H,1-2,5-6,9-12H2/t17-/m0/s1. The van der Waals surface area contributed by atoms with Crippen LogP contribution < -0.4 is 0 Å². The molecule has 1 aliphatic heterocycles. The molecule has 0 radical (unpaired) electrons. The van der Waals surface area contributed by atoms with E-state index in [0.29, 0.717) is 12.0 Å². The monoisotopic (exact) mass is 307 g/mol. The summed E-state index contributed by atoms with van der Waals surface area (Å²) in [6.07, 6.45) is 6.81. The van der Waals surface area contributed by atoms with Gasteiger partial charge in [0, 0.05) is 24.3 Å². The van der Waals surface area contributed by atoms with Gasteiger partial charge in [0.2, 0.25) is 5.91 Å². The van der Waals surface area contributed by atoms with Crippen LogP contribution in [0, 0.1) is 11.7 Å². The smallest absolute Gasteiger partial charge is 0.223 e. The van der Waals surface area contributed by atoms with Gasteiger partial charge in [0.05, 0.1) is 0 Å². The first-order chi connectivity index (χ1) is 10.3. The van der Waals surface area contributed by atoms with Crippen molar-refractivity contribution in [2.75, 3.05) is 12.3 Å². The highest BCUT2D eigenvalue weighted by molar-refractivity contribution is 7.99. The zero-order valence-corrected chi connectivity index (χ0v) is 13.1. The molecule has 2 fully saturated rings. The number of thioether (sulfide) groups is 1. The fourth-order valence-corrected chi connectivity index (χ4v) is 4.73. The van der Waals surface area contributed by atoms with Crippen LogP contribution in [0.1, 0.15) is 49.5 Å². The number of carbonyl (C=O) groups is 1. The van der Waals surface area contributed by atoms with Crippen molar-refractivity contribution >= 4 is 17.7 Å². The first-order valence-electron chi connectivity index (χ1n) is 7.91. The molecule has 0 unspecified atom stereocenters. The van der Waals surface area contributed by atoms with Crippen LogP contribution in [-0.2, 0) is 4.79 Å². The molecule has 2 aliphatic rings. The molecule has 0 bridgehead atoms. The SMILES string of the molecule is O=C(CCC1CCCC1)N1CCS[C@H]1c1ccccc1F. The Labute approximate surface area is 130 Å². The quantitative estimate of drug-likeness (QED) is 0.823. The van der Waals surface area contributed by atoms with E-state index in [9.17, 15) is 9.18 Å². The summed E-state index contributed by atoms with van der Waals surface area (Å²) in [4.78, 5) is 14.4. The number of hydrogen-bond donors (Lipinski definition) is 0. The van der Waals surface area contributed by atoms with Crippen LogP contribution in [0.15, 0.2) is 24.3 Å². The molecule has 1 aromatic rings. The lowest BCUT2D eigenvalue weighted by atomic mass is 10.0. The molecule has 21 heavy (non-hydrogen) atoms. The second-order valence-corrected chi connectivity index (χ2v) is 7.21. The molecule has 1 aromatic carbocycles. The number of nitrogens with zero attached hydrogens (tertiary/aromatic N) is 1. The molecule has 114 valence electrons. The molecule has 0 spiro atoms. The third kappa shape index (κ3) is 3.42. The summed E-state index contributed by atoms with van der Waals surface area (Å²) in [6, 6.07) is 6.83. The summed E-state index contributed by atoms with van der Waals surface area (Å²) in [7, 11) is 0. The molecule has 2 nitrogen and oxygen atoms in total. The van der Waals surface area contributed by atoms with Gasteiger partial charge in [-0.05, 0) is 18.4 Å². The van der Waals surface area contributed by atoms with Gasteiger partial charge in [0.15, 0.2) is 0 Å². The van der Waals surface area contributed by atoms with E-state index in [4.69, 9.17) is 0 Å². The normalized spacial score (nSPS) is 22.9. The van der Waals surface area contributed by atoms with Crippen LogP contribution in [0.4, 0.5) is 4.39 Å². The Morgan fingerprint density at radius 3 is 2.81 bits per heavy atom. The lowest BCUT2D eigenvalue weighted by molar-refractivity contribution is -0.131. The lowest BCUT2D eigenvalue weighted by Crippen LogP contribution is -2.30. The van der Waals surface area contributed by atoms with Crippen molar-refractivity contribution in [3.05, 3.63) is 35.6 Å². The van der Waals surface area contributed by atoms with E-state index in [1.165, 1.54) is 31.7 Å². The minimum atomic E-state index is -0.203. The Bertz CT molecular complexity index is 501. The highest BCUT2D eigenvalue weighted by Crippen LogP contribution is 2.39. The van der Waals surface area contributed by atoms with Crippen molar-refractivity contribution in [1.29, 1.82) is 0 Å². The second-order valence-electron chi connectivity index (χ2n) is 6.02. The van der Waals surface area contributed by atoms with E-state index in [-0.39, 0.29) is 17.1 Å². The first-order valence-corrected chi connectivity index (χ1v) is 8.96. The average molecular weight is 307 g/mol. The predicted octanol–water partition coefficient (Wildman–Crippen LogP) is 4.37. The van der Waals surface area contributed by atoms with Crippen LogP contribution in [0.2, 0.25) is 0 Å². The molecular formula is C17H22FNOS. The number of rotatable bonds is 4. The van der Waals surface area contributed by atoms with Crippen molar-refractivity contribution in [2.24, 2.45) is 5.92 Å². The fourth-order valence-electron chi connectivity index (χ4n) is 3.43. The second kappa shape index (κ2) is 6.82. The van der Waals surface area contributed by atoms with Crippen LogP contribution in [0.25, 0.3) is 0 Å². The Morgan fingerprint density at radius 2 is 2.05 bits per heavy atom. The molecule has 0 N–H and O–H groups in total. The van der Waals surface area contributed by atoms with Crippen molar-refractivity contribution in [2.45, 2.75) is 43.9 Å². The number of carbonyl (C=O) groups excluding carboxylic acids is 1. The topological polar surface area (TPSA) is 20.3 Å². The molecular weight excluding hydrogens is 285 g/mol. The average Bonchev–Trinajstić information content (AvgIpc) is 3.16. The van der Waals surface area contributed by atoms with Gasteiger partial charge in [-0.25, -0.2) is 4.39 Å².